The van der Waals surface area contributed by atoms with Gasteiger partial charge in [-0.05, 0) is 31.4 Å². The van der Waals surface area contributed by atoms with E-state index in [1.165, 1.54) is 17.5 Å². The minimum atomic E-state index is 0.229. The van der Waals surface area contributed by atoms with Gasteiger partial charge in [0.1, 0.15) is 0 Å². The van der Waals surface area contributed by atoms with E-state index in [1.54, 1.807) is 0 Å². The number of hydrogen-bond acceptors (Lipinski definition) is 4. The first kappa shape index (κ1) is 14.5. The van der Waals surface area contributed by atoms with Gasteiger partial charge in [-0.15, -0.1) is 0 Å². The maximum absolute atomic E-state index is 7.29. The Hall–Kier alpha value is -2.43. The van der Waals surface area contributed by atoms with E-state index in [4.69, 9.17) is 9.93 Å². The molecule has 1 saturated heterocycles. The molecule has 0 aliphatic carbocycles. The number of nitrogens with one attached hydrogen (secondary N) is 1. The number of benzene rings is 1. The van der Waals surface area contributed by atoms with Gasteiger partial charge in [-0.3, -0.25) is 5.41 Å². The fourth-order valence-electron chi connectivity index (χ4n) is 2.67. The molecule has 2 aromatic rings. The molecular weight excluding hydrogens is 276 g/mol. The van der Waals surface area contributed by atoms with Crippen molar-refractivity contribution in [3.63, 3.8) is 0 Å². The lowest BCUT2D eigenvalue weighted by Crippen LogP contribution is -2.17. The highest BCUT2D eigenvalue weighted by Gasteiger charge is 2.27. The fourth-order valence-corrected chi connectivity index (χ4v) is 2.67. The van der Waals surface area contributed by atoms with Gasteiger partial charge in [0.2, 0.25) is 11.7 Å². The number of rotatable bonds is 4. The largest absolute Gasteiger partial charge is 0.362 e. The second kappa shape index (κ2) is 6.13. The second-order valence-corrected chi connectivity index (χ2v) is 5.61. The molecule has 1 aromatic carbocycles. The van der Waals surface area contributed by atoms with Crippen molar-refractivity contribution in [2.45, 2.75) is 26.2 Å². The van der Waals surface area contributed by atoms with E-state index in [9.17, 15) is 0 Å². The van der Waals surface area contributed by atoms with Crippen LogP contribution in [0.4, 0.5) is 0 Å². The highest BCUT2D eigenvalue weighted by molar-refractivity contribution is 5.66. The van der Waals surface area contributed by atoms with Gasteiger partial charge in [-0.1, -0.05) is 35.5 Å². The first-order valence-corrected chi connectivity index (χ1v) is 7.53. The van der Waals surface area contributed by atoms with Crippen LogP contribution in [0.2, 0.25) is 0 Å². The van der Waals surface area contributed by atoms with Crippen LogP contribution in [0, 0.1) is 5.41 Å². The topological polar surface area (TPSA) is 66.0 Å². The van der Waals surface area contributed by atoms with Crippen molar-refractivity contribution in [2.75, 3.05) is 13.1 Å². The summed E-state index contributed by atoms with van der Waals surface area (Å²) in [6.45, 7) is 5.79. The monoisotopic (exact) mass is 296 g/mol. The Bertz CT molecular complexity index is 687. The maximum Gasteiger partial charge on any atom is 0.231 e. The van der Waals surface area contributed by atoms with Crippen LogP contribution >= 0.6 is 0 Å². The van der Waals surface area contributed by atoms with E-state index in [2.05, 4.69) is 35.3 Å². The summed E-state index contributed by atoms with van der Waals surface area (Å²) in [5, 5.41) is 11.4. The molecule has 3 rings (SSSR count). The van der Waals surface area contributed by atoms with Gasteiger partial charge in [0.05, 0.1) is 12.3 Å². The summed E-state index contributed by atoms with van der Waals surface area (Å²) in [5.74, 6) is 1.54. The van der Waals surface area contributed by atoms with Crippen molar-refractivity contribution in [1.29, 1.82) is 5.41 Å². The Morgan fingerprint density at radius 1 is 1.36 bits per heavy atom. The lowest BCUT2D eigenvalue weighted by atomic mass is 10.1. The summed E-state index contributed by atoms with van der Waals surface area (Å²) in [5.41, 5.74) is 3.41. The van der Waals surface area contributed by atoms with E-state index in [1.807, 2.05) is 24.0 Å². The Balaban J connectivity index is 1.78. The Kier molecular flexibility index (Phi) is 4.04. The zero-order valence-corrected chi connectivity index (χ0v) is 12.9. The number of nitrogens with zero attached hydrogens (tertiary/aromatic N) is 3. The first-order valence-electron chi connectivity index (χ1n) is 7.53. The molecule has 1 fully saturated rings. The zero-order valence-electron chi connectivity index (χ0n) is 12.9. The number of allylic oxidation sites excluding steroid dienone is 2. The number of hydrogen-bond donors (Lipinski definition) is 1. The van der Waals surface area contributed by atoms with E-state index in [0.717, 1.165) is 25.1 Å². The van der Waals surface area contributed by atoms with Crippen LogP contribution in [-0.4, -0.2) is 34.5 Å². The van der Waals surface area contributed by atoms with Gasteiger partial charge in [0, 0.05) is 18.7 Å². The SMILES string of the molecule is C/C=C(\C)c1ccc(-c2noc(C3CCN(C=N)C3)n2)cc1. The summed E-state index contributed by atoms with van der Waals surface area (Å²) >= 11 is 0. The molecule has 5 heteroatoms. The zero-order chi connectivity index (χ0) is 15.5. The molecule has 0 bridgehead atoms. The molecule has 0 radical (unpaired) electrons. The molecule has 0 amide bonds. The molecule has 0 spiro atoms. The van der Waals surface area contributed by atoms with Crippen molar-refractivity contribution in [2.24, 2.45) is 0 Å². The van der Waals surface area contributed by atoms with Gasteiger partial charge >= 0.3 is 0 Å². The molecule has 114 valence electrons. The average Bonchev–Trinajstić information content (AvgIpc) is 3.23. The maximum atomic E-state index is 7.29. The molecule has 1 N–H and O–H groups in total. The van der Waals surface area contributed by atoms with Crippen molar-refractivity contribution >= 4 is 11.9 Å². The van der Waals surface area contributed by atoms with Crippen molar-refractivity contribution in [1.82, 2.24) is 15.0 Å². The molecule has 1 aliphatic heterocycles. The molecule has 1 aromatic heterocycles. The number of likely N-dealkylation sites (tertiary alicyclic amines) is 1. The number of aromatic nitrogens is 2. The standard InChI is InChI=1S/C17H20N4O/c1-3-12(2)13-4-6-14(7-5-13)16-19-17(22-20-16)15-8-9-21(10-15)11-18/h3-7,11,15,18H,8-10H2,1-2H3/b12-3+,18-11?. The summed E-state index contributed by atoms with van der Waals surface area (Å²) < 4.78 is 5.42. The molecule has 2 heterocycles. The lowest BCUT2D eigenvalue weighted by molar-refractivity contribution is 0.354. The third kappa shape index (κ3) is 2.79. The molecule has 1 aliphatic rings. The van der Waals surface area contributed by atoms with Gasteiger partial charge in [0.25, 0.3) is 0 Å². The highest BCUT2D eigenvalue weighted by Crippen LogP contribution is 2.27. The van der Waals surface area contributed by atoms with Crippen LogP contribution in [-0.2, 0) is 0 Å². The third-order valence-electron chi connectivity index (χ3n) is 4.22. The van der Waals surface area contributed by atoms with Crippen LogP contribution in [0.15, 0.2) is 34.9 Å². The minimum Gasteiger partial charge on any atom is -0.362 e. The summed E-state index contributed by atoms with van der Waals surface area (Å²) in [7, 11) is 0. The van der Waals surface area contributed by atoms with E-state index in [-0.39, 0.29) is 5.92 Å². The van der Waals surface area contributed by atoms with Crippen LogP contribution < -0.4 is 0 Å². The summed E-state index contributed by atoms with van der Waals surface area (Å²) in [4.78, 5) is 6.49. The van der Waals surface area contributed by atoms with Gasteiger partial charge in [-0.25, -0.2) is 0 Å². The fraction of sp³-hybridized carbons (Fsp3) is 0.353. The predicted molar refractivity (Wildman–Crippen MR) is 86.8 cm³/mol. The smallest absolute Gasteiger partial charge is 0.231 e. The summed E-state index contributed by atoms with van der Waals surface area (Å²) in [6.07, 6.45) is 4.42. The van der Waals surface area contributed by atoms with Crippen molar-refractivity contribution < 1.29 is 4.52 Å². The lowest BCUT2D eigenvalue weighted by Gasteiger charge is -2.08. The highest BCUT2D eigenvalue weighted by atomic mass is 16.5. The molecule has 22 heavy (non-hydrogen) atoms. The van der Waals surface area contributed by atoms with Crippen LogP contribution in [0.1, 0.15) is 37.6 Å². The second-order valence-electron chi connectivity index (χ2n) is 5.61. The first-order chi connectivity index (χ1) is 10.7. The summed E-state index contributed by atoms with van der Waals surface area (Å²) in [6, 6.07) is 8.20. The van der Waals surface area contributed by atoms with Gasteiger partial charge < -0.3 is 9.42 Å². The predicted octanol–water partition coefficient (Wildman–Crippen LogP) is 3.56. The molecule has 1 unspecified atom stereocenters. The minimum absolute atomic E-state index is 0.229. The van der Waals surface area contributed by atoms with Gasteiger partial charge in [0.15, 0.2) is 0 Å². The van der Waals surface area contributed by atoms with E-state index < -0.39 is 0 Å². The van der Waals surface area contributed by atoms with E-state index >= 15 is 0 Å². The van der Waals surface area contributed by atoms with Crippen molar-refractivity contribution in [3.8, 4) is 11.4 Å². The average molecular weight is 296 g/mol. The Morgan fingerprint density at radius 3 is 2.77 bits per heavy atom. The molecule has 0 saturated carbocycles. The normalized spacial score (nSPS) is 18.7. The van der Waals surface area contributed by atoms with E-state index in [0.29, 0.717) is 11.7 Å². The Labute approximate surface area is 130 Å². The molecule has 1 atom stereocenters. The van der Waals surface area contributed by atoms with Crippen molar-refractivity contribution in [3.05, 3.63) is 41.8 Å². The quantitative estimate of drug-likeness (QED) is 0.692. The van der Waals surface area contributed by atoms with Crippen LogP contribution in [0.25, 0.3) is 17.0 Å². The van der Waals surface area contributed by atoms with Gasteiger partial charge in [-0.2, -0.15) is 4.98 Å². The molecule has 5 nitrogen and oxygen atoms in total. The van der Waals surface area contributed by atoms with Crippen LogP contribution in [0.5, 0.6) is 0 Å². The Morgan fingerprint density at radius 2 is 2.14 bits per heavy atom. The molecular formula is C17H20N4O. The van der Waals surface area contributed by atoms with Crippen LogP contribution in [0.3, 0.4) is 0 Å². The third-order valence-corrected chi connectivity index (χ3v) is 4.22.